The molecule has 2 rings (SSSR count). The molecule has 5 nitrogen and oxygen atoms in total. The number of hydrogen-bond donors (Lipinski definition) is 2. The van der Waals surface area contributed by atoms with Crippen LogP contribution in [0.5, 0.6) is 11.5 Å². The van der Waals surface area contributed by atoms with E-state index in [0.717, 1.165) is 25.3 Å². The molecule has 0 fully saturated rings. The van der Waals surface area contributed by atoms with Crippen molar-refractivity contribution >= 4 is 11.8 Å². The summed E-state index contributed by atoms with van der Waals surface area (Å²) < 4.78 is 5.33. The van der Waals surface area contributed by atoms with Gasteiger partial charge in [0.25, 0.3) is 0 Å². The lowest BCUT2D eigenvalue weighted by atomic mass is 9.98. The Morgan fingerprint density at radius 3 is 2.70 bits per heavy atom. The molecular formula is C18H22O5. The highest BCUT2D eigenvalue weighted by molar-refractivity contribution is 5.96. The van der Waals surface area contributed by atoms with E-state index in [2.05, 4.69) is 0 Å². The molecule has 0 radical (unpaired) electrons. The van der Waals surface area contributed by atoms with E-state index < -0.39 is 5.97 Å². The number of allylic oxidation sites excluding steroid dienone is 1. The number of esters is 1. The number of cyclic esters (lactones) is 1. The normalized spacial score (nSPS) is 21.9. The minimum absolute atomic E-state index is 0.00336. The Kier molecular flexibility index (Phi) is 5.79. The first-order valence-corrected chi connectivity index (χ1v) is 7.90. The number of rotatable bonds is 0. The molecule has 0 saturated carbocycles. The molecule has 1 atom stereocenters. The number of Topliss-reactive ketones (excluding diaryl/α,β-unsaturated/α-hetero) is 1. The molecule has 2 N–H and O–H groups in total. The van der Waals surface area contributed by atoms with Gasteiger partial charge in [0.15, 0.2) is 0 Å². The highest BCUT2D eigenvalue weighted by Crippen LogP contribution is 2.29. The van der Waals surface area contributed by atoms with Gasteiger partial charge in [-0.05, 0) is 37.8 Å². The quantitative estimate of drug-likeness (QED) is 0.566. The van der Waals surface area contributed by atoms with Gasteiger partial charge in [0.05, 0.1) is 0 Å². The molecule has 0 amide bonds. The second kappa shape index (κ2) is 7.81. The first-order valence-electron chi connectivity index (χ1n) is 7.90. The minimum atomic E-state index is -0.678. The van der Waals surface area contributed by atoms with Gasteiger partial charge in [0, 0.05) is 25.3 Å². The smallest absolute Gasteiger partial charge is 0.342 e. The number of phenolic OH excluding ortho intramolecular Hbond substituents is 2. The van der Waals surface area contributed by atoms with Crippen molar-refractivity contribution in [1.29, 1.82) is 0 Å². The number of carbonyl (C=O) groups is 2. The molecule has 1 unspecified atom stereocenters. The lowest BCUT2D eigenvalue weighted by Gasteiger charge is -2.15. The van der Waals surface area contributed by atoms with Crippen molar-refractivity contribution in [3.05, 3.63) is 35.4 Å². The van der Waals surface area contributed by atoms with Gasteiger partial charge in [-0.25, -0.2) is 4.79 Å². The highest BCUT2D eigenvalue weighted by atomic mass is 16.5. The zero-order valence-corrected chi connectivity index (χ0v) is 13.2. The second-order valence-electron chi connectivity index (χ2n) is 5.88. The van der Waals surface area contributed by atoms with Crippen LogP contribution in [0.1, 0.15) is 54.9 Å². The molecule has 1 aromatic rings. The van der Waals surface area contributed by atoms with Crippen LogP contribution in [-0.4, -0.2) is 28.1 Å². The number of fused-ring (bicyclic) bond motifs is 1. The first kappa shape index (κ1) is 17.1. The van der Waals surface area contributed by atoms with Gasteiger partial charge >= 0.3 is 5.97 Å². The van der Waals surface area contributed by atoms with Crippen LogP contribution in [0, 0.1) is 0 Å². The van der Waals surface area contributed by atoms with Crippen LogP contribution in [0.3, 0.4) is 0 Å². The number of phenols is 2. The Morgan fingerprint density at radius 2 is 1.91 bits per heavy atom. The summed E-state index contributed by atoms with van der Waals surface area (Å²) in [5.41, 5.74) is 0.265. The van der Waals surface area contributed by atoms with Crippen molar-refractivity contribution in [3.63, 3.8) is 0 Å². The van der Waals surface area contributed by atoms with Crippen LogP contribution in [0.4, 0.5) is 0 Å². The maximum Gasteiger partial charge on any atom is 0.342 e. The third kappa shape index (κ3) is 4.84. The van der Waals surface area contributed by atoms with Gasteiger partial charge in [0.1, 0.15) is 28.9 Å². The van der Waals surface area contributed by atoms with Crippen LogP contribution in [-0.2, 0) is 16.0 Å². The summed E-state index contributed by atoms with van der Waals surface area (Å²) in [5.74, 6) is -1.26. The van der Waals surface area contributed by atoms with E-state index in [1.165, 1.54) is 6.07 Å². The van der Waals surface area contributed by atoms with Crippen LogP contribution in [0.25, 0.3) is 0 Å². The third-order valence-corrected chi connectivity index (χ3v) is 3.80. The Balaban J connectivity index is 2.34. The molecule has 0 bridgehead atoms. The molecular weight excluding hydrogens is 296 g/mol. The molecule has 0 aliphatic carbocycles. The maximum absolute atomic E-state index is 12.3. The predicted molar refractivity (Wildman–Crippen MR) is 85.6 cm³/mol. The summed E-state index contributed by atoms with van der Waals surface area (Å²) in [5, 5.41) is 19.6. The molecule has 23 heavy (non-hydrogen) atoms. The van der Waals surface area contributed by atoms with Crippen LogP contribution >= 0.6 is 0 Å². The molecule has 1 aliphatic heterocycles. The number of aromatic hydroxyl groups is 2. The van der Waals surface area contributed by atoms with Crippen molar-refractivity contribution in [3.8, 4) is 11.5 Å². The maximum atomic E-state index is 12.3. The second-order valence-corrected chi connectivity index (χ2v) is 5.88. The van der Waals surface area contributed by atoms with E-state index in [4.69, 9.17) is 4.74 Å². The monoisotopic (exact) mass is 318 g/mol. The molecule has 124 valence electrons. The fourth-order valence-corrected chi connectivity index (χ4v) is 2.62. The zero-order chi connectivity index (χ0) is 16.8. The molecule has 1 heterocycles. The van der Waals surface area contributed by atoms with Crippen molar-refractivity contribution in [2.45, 2.75) is 51.6 Å². The van der Waals surface area contributed by atoms with E-state index in [1.807, 2.05) is 12.2 Å². The standard InChI is InChI=1S/C18H22O5/c1-12-7-5-3-2-4-6-8-14(19)9-13-10-15(20)11-16(21)17(13)18(22)23-12/h3,5,10-12,20-21H,2,4,6-9H2,1H3/b5-3+. The Labute approximate surface area is 135 Å². The Bertz CT molecular complexity index is 618. The minimum Gasteiger partial charge on any atom is -0.508 e. The van der Waals surface area contributed by atoms with Gasteiger partial charge in [-0.1, -0.05) is 12.2 Å². The van der Waals surface area contributed by atoms with Crippen LogP contribution in [0.15, 0.2) is 24.3 Å². The molecule has 5 heteroatoms. The lowest BCUT2D eigenvalue weighted by molar-refractivity contribution is -0.118. The number of benzene rings is 1. The topological polar surface area (TPSA) is 83.8 Å². The van der Waals surface area contributed by atoms with E-state index in [9.17, 15) is 19.8 Å². The average Bonchev–Trinajstić information content (AvgIpc) is 2.44. The van der Waals surface area contributed by atoms with Gasteiger partial charge in [-0.2, -0.15) is 0 Å². The summed E-state index contributed by atoms with van der Waals surface area (Å²) in [6, 6.07) is 2.42. The first-order chi connectivity index (χ1) is 11.0. The Hall–Kier alpha value is -2.30. The largest absolute Gasteiger partial charge is 0.508 e. The van der Waals surface area contributed by atoms with Gasteiger partial charge in [-0.3, -0.25) is 4.79 Å². The van der Waals surface area contributed by atoms with Gasteiger partial charge < -0.3 is 14.9 Å². The van der Waals surface area contributed by atoms with E-state index in [-0.39, 0.29) is 35.4 Å². The number of carbonyl (C=O) groups excluding carboxylic acids is 2. The van der Waals surface area contributed by atoms with Crippen LogP contribution < -0.4 is 0 Å². The van der Waals surface area contributed by atoms with E-state index in [1.54, 1.807) is 6.92 Å². The van der Waals surface area contributed by atoms with Crippen molar-refractivity contribution < 1.29 is 24.5 Å². The molecule has 0 spiro atoms. The summed E-state index contributed by atoms with van der Waals surface area (Å²) in [7, 11) is 0. The zero-order valence-electron chi connectivity index (χ0n) is 13.2. The van der Waals surface area contributed by atoms with Crippen molar-refractivity contribution in [2.75, 3.05) is 0 Å². The number of ketones is 1. The van der Waals surface area contributed by atoms with Crippen molar-refractivity contribution in [1.82, 2.24) is 0 Å². The molecule has 1 aromatic carbocycles. The van der Waals surface area contributed by atoms with E-state index >= 15 is 0 Å². The fourth-order valence-electron chi connectivity index (χ4n) is 2.62. The number of hydrogen-bond acceptors (Lipinski definition) is 5. The third-order valence-electron chi connectivity index (χ3n) is 3.80. The van der Waals surface area contributed by atoms with Gasteiger partial charge in [0.2, 0.25) is 0 Å². The van der Waals surface area contributed by atoms with Gasteiger partial charge in [-0.15, -0.1) is 0 Å². The summed E-state index contributed by atoms with van der Waals surface area (Å²) in [6.45, 7) is 1.77. The average molecular weight is 318 g/mol. The number of ether oxygens (including phenoxy) is 1. The van der Waals surface area contributed by atoms with Crippen molar-refractivity contribution in [2.24, 2.45) is 0 Å². The summed E-state index contributed by atoms with van der Waals surface area (Å²) in [4.78, 5) is 24.4. The van der Waals surface area contributed by atoms with Crippen LogP contribution in [0.2, 0.25) is 0 Å². The van der Waals surface area contributed by atoms with E-state index in [0.29, 0.717) is 18.4 Å². The molecule has 0 saturated heterocycles. The predicted octanol–water partition coefficient (Wildman–Crippen LogP) is 3.28. The highest BCUT2D eigenvalue weighted by Gasteiger charge is 2.22. The summed E-state index contributed by atoms with van der Waals surface area (Å²) in [6.07, 6.45) is 7.26. The molecule has 1 aliphatic rings. The SMILES string of the molecule is CC1C/C=C/CCCCC(=O)Cc2cc(O)cc(O)c2C(=O)O1. The Morgan fingerprint density at radius 1 is 1.13 bits per heavy atom. The fraction of sp³-hybridized carbons (Fsp3) is 0.444. The molecule has 0 aromatic heterocycles. The lowest BCUT2D eigenvalue weighted by Crippen LogP contribution is -2.17. The summed E-state index contributed by atoms with van der Waals surface area (Å²) >= 11 is 0.